The highest BCUT2D eigenvalue weighted by Crippen LogP contribution is 2.39. The SMILES string of the molecule is CC1CCN(c2c(C(=O)NC3CC(F)(F)C3)cncc2-c2cc(F)cc(F)c2)C1. The third kappa shape index (κ3) is 4.06. The summed E-state index contributed by atoms with van der Waals surface area (Å²) in [5.74, 6) is -4.32. The molecule has 1 N–H and O–H groups in total. The van der Waals surface area contributed by atoms with Crippen LogP contribution in [-0.4, -0.2) is 35.9 Å². The lowest BCUT2D eigenvalue weighted by Gasteiger charge is -2.35. The molecule has 1 unspecified atom stereocenters. The fourth-order valence-corrected chi connectivity index (χ4v) is 4.05. The van der Waals surface area contributed by atoms with Crippen LogP contribution in [0.3, 0.4) is 0 Å². The summed E-state index contributed by atoms with van der Waals surface area (Å²) in [4.78, 5) is 19.0. The third-order valence-electron chi connectivity index (χ3n) is 5.50. The summed E-state index contributed by atoms with van der Waals surface area (Å²) in [5.41, 5.74) is 1.45. The van der Waals surface area contributed by atoms with Gasteiger partial charge in [0.05, 0.1) is 11.3 Å². The smallest absolute Gasteiger partial charge is 0.255 e. The van der Waals surface area contributed by atoms with Gasteiger partial charge in [-0.15, -0.1) is 0 Å². The van der Waals surface area contributed by atoms with E-state index in [2.05, 4.69) is 17.2 Å². The largest absolute Gasteiger partial charge is 0.370 e. The topological polar surface area (TPSA) is 45.2 Å². The lowest BCUT2D eigenvalue weighted by atomic mass is 9.88. The van der Waals surface area contributed by atoms with Crippen LogP contribution in [-0.2, 0) is 0 Å². The summed E-state index contributed by atoms with van der Waals surface area (Å²) in [6, 6.07) is 2.56. The molecule has 0 spiro atoms. The van der Waals surface area contributed by atoms with Gasteiger partial charge in [-0.05, 0) is 30.0 Å². The number of hydrogen-bond donors (Lipinski definition) is 1. The van der Waals surface area contributed by atoms with E-state index < -0.39 is 42.3 Å². The maximum atomic E-state index is 13.8. The summed E-state index contributed by atoms with van der Waals surface area (Å²) in [6.07, 6.45) is 2.98. The Morgan fingerprint density at radius 2 is 1.86 bits per heavy atom. The van der Waals surface area contributed by atoms with Crippen LogP contribution in [0.25, 0.3) is 11.1 Å². The van der Waals surface area contributed by atoms with E-state index in [1.165, 1.54) is 24.5 Å². The van der Waals surface area contributed by atoms with E-state index in [-0.39, 0.29) is 11.1 Å². The number of carbonyl (C=O) groups is 1. The minimum absolute atomic E-state index is 0.219. The van der Waals surface area contributed by atoms with Gasteiger partial charge in [0.15, 0.2) is 0 Å². The number of alkyl halides is 2. The Labute approximate surface area is 165 Å². The molecule has 1 aromatic heterocycles. The summed E-state index contributed by atoms with van der Waals surface area (Å²) in [5, 5.41) is 2.63. The van der Waals surface area contributed by atoms with Crippen molar-refractivity contribution in [3.05, 3.63) is 47.8 Å². The van der Waals surface area contributed by atoms with Crippen molar-refractivity contribution >= 4 is 11.6 Å². The number of carbonyl (C=O) groups excluding carboxylic acids is 1. The Hall–Kier alpha value is -2.64. The monoisotopic (exact) mass is 407 g/mol. The van der Waals surface area contributed by atoms with Crippen molar-refractivity contribution < 1.29 is 22.4 Å². The van der Waals surface area contributed by atoms with E-state index in [0.717, 1.165) is 12.5 Å². The number of nitrogens with zero attached hydrogens (tertiary/aromatic N) is 2. The van der Waals surface area contributed by atoms with Crippen molar-refractivity contribution in [3.8, 4) is 11.1 Å². The summed E-state index contributed by atoms with van der Waals surface area (Å²) in [6.45, 7) is 3.44. The number of nitrogens with one attached hydrogen (secondary N) is 1. The number of halogens is 4. The Bertz CT molecular complexity index is 921. The third-order valence-corrected chi connectivity index (χ3v) is 5.50. The van der Waals surface area contributed by atoms with Crippen LogP contribution >= 0.6 is 0 Å². The predicted molar refractivity (Wildman–Crippen MR) is 101 cm³/mol. The molecule has 8 heteroatoms. The number of rotatable bonds is 4. The van der Waals surface area contributed by atoms with E-state index >= 15 is 0 Å². The average molecular weight is 407 g/mol. The second kappa shape index (κ2) is 7.31. The Kier molecular flexibility index (Phi) is 4.96. The highest BCUT2D eigenvalue weighted by atomic mass is 19.3. The highest BCUT2D eigenvalue weighted by molar-refractivity contribution is 6.03. The normalized spacial score (nSPS) is 21.1. The number of anilines is 1. The van der Waals surface area contributed by atoms with Crippen LogP contribution in [0.15, 0.2) is 30.6 Å². The molecule has 154 valence electrons. The number of benzene rings is 1. The lowest BCUT2D eigenvalue weighted by Crippen LogP contribution is -2.50. The van der Waals surface area contributed by atoms with E-state index in [1.807, 2.05) is 4.90 Å². The Morgan fingerprint density at radius 3 is 2.45 bits per heavy atom. The van der Waals surface area contributed by atoms with Gasteiger partial charge in [-0.3, -0.25) is 9.78 Å². The van der Waals surface area contributed by atoms with Crippen LogP contribution in [0.1, 0.15) is 36.5 Å². The lowest BCUT2D eigenvalue weighted by molar-refractivity contribution is -0.0901. The minimum atomic E-state index is -2.75. The zero-order valence-corrected chi connectivity index (χ0v) is 15.9. The van der Waals surface area contributed by atoms with E-state index in [0.29, 0.717) is 30.3 Å². The van der Waals surface area contributed by atoms with E-state index in [4.69, 9.17) is 0 Å². The van der Waals surface area contributed by atoms with Gasteiger partial charge in [-0.2, -0.15) is 0 Å². The molecule has 1 aromatic carbocycles. The Balaban J connectivity index is 1.74. The molecule has 0 bridgehead atoms. The quantitative estimate of drug-likeness (QED) is 0.765. The van der Waals surface area contributed by atoms with Gasteiger partial charge in [-0.25, -0.2) is 17.6 Å². The summed E-state index contributed by atoms with van der Waals surface area (Å²) < 4.78 is 53.9. The number of amides is 1. The van der Waals surface area contributed by atoms with E-state index in [1.54, 1.807) is 0 Å². The maximum Gasteiger partial charge on any atom is 0.255 e. The second-order valence-corrected chi connectivity index (χ2v) is 8.02. The van der Waals surface area contributed by atoms with Crippen LogP contribution < -0.4 is 10.2 Å². The van der Waals surface area contributed by atoms with Crippen LogP contribution in [0, 0.1) is 17.6 Å². The minimum Gasteiger partial charge on any atom is -0.370 e. The van der Waals surface area contributed by atoms with Crippen LogP contribution in [0.5, 0.6) is 0 Å². The van der Waals surface area contributed by atoms with Crippen molar-refractivity contribution in [1.82, 2.24) is 10.3 Å². The number of hydrogen-bond acceptors (Lipinski definition) is 3. The van der Waals surface area contributed by atoms with Gasteiger partial charge in [0, 0.05) is 56.0 Å². The number of pyridine rings is 1. The van der Waals surface area contributed by atoms with Gasteiger partial charge in [0.25, 0.3) is 11.8 Å². The average Bonchev–Trinajstić information content (AvgIpc) is 3.04. The molecule has 1 atom stereocenters. The molecule has 4 rings (SSSR count). The fourth-order valence-electron chi connectivity index (χ4n) is 4.05. The van der Waals surface area contributed by atoms with E-state index in [9.17, 15) is 22.4 Å². The first-order valence-electron chi connectivity index (χ1n) is 9.60. The van der Waals surface area contributed by atoms with Crippen molar-refractivity contribution in [3.63, 3.8) is 0 Å². The molecule has 1 amide bonds. The molecular formula is C21H21F4N3O. The van der Waals surface area contributed by atoms with Gasteiger partial charge >= 0.3 is 0 Å². The molecule has 2 aromatic rings. The molecule has 1 aliphatic carbocycles. The molecule has 1 aliphatic heterocycles. The first-order chi connectivity index (χ1) is 13.7. The fraction of sp³-hybridized carbons (Fsp3) is 0.429. The highest BCUT2D eigenvalue weighted by Gasteiger charge is 2.46. The van der Waals surface area contributed by atoms with Crippen molar-refractivity contribution in [1.29, 1.82) is 0 Å². The molecule has 1 saturated heterocycles. The molecule has 29 heavy (non-hydrogen) atoms. The first kappa shape index (κ1) is 19.7. The van der Waals surface area contributed by atoms with Gasteiger partial charge in [0.1, 0.15) is 11.6 Å². The zero-order chi connectivity index (χ0) is 20.8. The standard InChI is InChI=1S/C21H21F4N3O/c1-12-2-3-28(11-12)19-17(13-4-14(22)6-15(23)5-13)9-26-10-18(19)20(29)27-16-7-21(24,25)8-16/h4-6,9-10,12,16H,2-3,7-8,11H2,1H3,(H,27,29). The van der Waals surface area contributed by atoms with Gasteiger partial charge in [0.2, 0.25) is 0 Å². The molecule has 2 fully saturated rings. The molecule has 0 radical (unpaired) electrons. The van der Waals surface area contributed by atoms with Crippen molar-refractivity contribution in [2.75, 3.05) is 18.0 Å². The van der Waals surface area contributed by atoms with Gasteiger partial charge in [-0.1, -0.05) is 6.92 Å². The van der Waals surface area contributed by atoms with Crippen molar-refractivity contribution in [2.24, 2.45) is 5.92 Å². The molecular weight excluding hydrogens is 386 g/mol. The van der Waals surface area contributed by atoms with Gasteiger partial charge < -0.3 is 10.2 Å². The maximum absolute atomic E-state index is 13.8. The molecule has 2 aliphatic rings. The molecule has 2 heterocycles. The predicted octanol–water partition coefficient (Wildman–Crippen LogP) is 4.40. The van der Waals surface area contributed by atoms with Crippen LogP contribution in [0.2, 0.25) is 0 Å². The van der Waals surface area contributed by atoms with Crippen molar-refractivity contribution in [2.45, 2.75) is 38.2 Å². The first-order valence-corrected chi connectivity index (χ1v) is 9.60. The Morgan fingerprint density at radius 1 is 1.17 bits per heavy atom. The van der Waals surface area contributed by atoms with Crippen LogP contribution in [0.4, 0.5) is 23.2 Å². The zero-order valence-electron chi connectivity index (χ0n) is 15.9. The molecule has 4 nitrogen and oxygen atoms in total. The molecule has 1 saturated carbocycles. The summed E-state index contributed by atoms with van der Waals surface area (Å²) in [7, 11) is 0. The second-order valence-electron chi connectivity index (χ2n) is 8.02. The number of aromatic nitrogens is 1. The summed E-state index contributed by atoms with van der Waals surface area (Å²) >= 11 is 0.